The van der Waals surface area contributed by atoms with Crippen molar-refractivity contribution in [3.63, 3.8) is 0 Å². The van der Waals surface area contributed by atoms with Gasteiger partial charge >= 0.3 is 0 Å². The maximum absolute atomic E-state index is 13.3. The van der Waals surface area contributed by atoms with E-state index in [2.05, 4.69) is 0 Å². The van der Waals surface area contributed by atoms with Crippen LogP contribution in [0.15, 0.2) is 18.2 Å². The van der Waals surface area contributed by atoms with E-state index in [-0.39, 0.29) is 0 Å². The van der Waals surface area contributed by atoms with Gasteiger partial charge in [0.1, 0.15) is 11.9 Å². The fourth-order valence-corrected chi connectivity index (χ4v) is 2.44. The lowest BCUT2D eigenvalue weighted by Crippen LogP contribution is -2.38. The highest BCUT2D eigenvalue weighted by atomic mass is 35.5. The molecule has 0 bridgehead atoms. The molecule has 1 rings (SSSR count). The molecule has 4 heteroatoms. The first-order valence-corrected chi connectivity index (χ1v) is 6.65. The lowest BCUT2D eigenvalue weighted by Gasteiger charge is -2.36. The Morgan fingerprint density at radius 3 is 2.44 bits per heavy atom. The minimum atomic E-state index is -0.935. The predicted octanol–water partition coefficient (Wildman–Crippen LogP) is 4.11. The molecule has 0 aromatic heterocycles. The molecule has 0 amide bonds. The van der Waals surface area contributed by atoms with Gasteiger partial charge in [0.05, 0.1) is 5.60 Å². The molecule has 18 heavy (non-hydrogen) atoms. The van der Waals surface area contributed by atoms with Crippen LogP contribution in [-0.2, 0) is 4.74 Å². The van der Waals surface area contributed by atoms with Crippen molar-refractivity contribution in [2.24, 2.45) is 0 Å². The van der Waals surface area contributed by atoms with Gasteiger partial charge in [-0.05, 0) is 38.0 Å². The molecule has 102 valence electrons. The third-order valence-corrected chi connectivity index (χ3v) is 3.72. The lowest BCUT2D eigenvalue weighted by atomic mass is 9.86. The molecular formula is C14H20ClFO2. The summed E-state index contributed by atoms with van der Waals surface area (Å²) in [5.41, 5.74) is -0.333. The highest BCUT2D eigenvalue weighted by Crippen LogP contribution is 2.38. The van der Waals surface area contributed by atoms with E-state index >= 15 is 0 Å². The summed E-state index contributed by atoms with van der Waals surface area (Å²) in [4.78, 5) is 0. The van der Waals surface area contributed by atoms with Gasteiger partial charge in [0.2, 0.25) is 0 Å². The first-order valence-electron chi connectivity index (χ1n) is 6.27. The van der Waals surface area contributed by atoms with Gasteiger partial charge in [-0.15, -0.1) is 0 Å². The first-order chi connectivity index (χ1) is 8.50. The molecule has 1 unspecified atom stereocenters. The molecule has 0 saturated heterocycles. The van der Waals surface area contributed by atoms with Gasteiger partial charge in [0.15, 0.2) is 0 Å². The van der Waals surface area contributed by atoms with Crippen LogP contribution in [0.2, 0.25) is 5.02 Å². The number of aliphatic hydroxyl groups excluding tert-OH is 1. The van der Waals surface area contributed by atoms with Crippen LogP contribution in [0.4, 0.5) is 4.39 Å². The Bertz CT molecular complexity index is 391. The summed E-state index contributed by atoms with van der Waals surface area (Å²) in [6.45, 7) is 6.25. The predicted molar refractivity (Wildman–Crippen MR) is 71.3 cm³/mol. The highest BCUT2D eigenvalue weighted by molar-refractivity contribution is 6.31. The number of aliphatic hydroxyl groups is 1. The van der Waals surface area contributed by atoms with Crippen molar-refractivity contribution < 1.29 is 14.2 Å². The quantitative estimate of drug-likeness (QED) is 0.846. The van der Waals surface area contributed by atoms with Crippen molar-refractivity contribution in [1.29, 1.82) is 0 Å². The largest absolute Gasteiger partial charge is 0.385 e. The van der Waals surface area contributed by atoms with Crippen molar-refractivity contribution in [1.82, 2.24) is 0 Å². The van der Waals surface area contributed by atoms with E-state index in [4.69, 9.17) is 16.3 Å². The molecule has 0 fully saturated rings. The summed E-state index contributed by atoms with van der Waals surface area (Å²) in [5, 5.41) is 10.8. The second-order valence-electron chi connectivity index (χ2n) is 4.27. The maximum Gasteiger partial charge on any atom is 0.123 e. The average Bonchev–Trinajstić information content (AvgIpc) is 2.38. The van der Waals surface area contributed by atoms with Crippen molar-refractivity contribution in [2.75, 3.05) is 6.61 Å². The van der Waals surface area contributed by atoms with Crippen molar-refractivity contribution in [3.05, 3.63) is 34.6 Å². The van der Waals surface area contributed by atoms with Crippen LogP contribution >= 0.6 is 11.6 Å². The zero-order valence-electron chi connectivity index (χ0n) is 11.0. The van der Waals surface area contributed by atoms with E-state index in [1.165, 1.54) is 18.2 Å². The zero-order chi connectivity index (χ0) is 13.8. The van der Waals surface area contributed by atoms with Gasteiger partial charge < -0.3 is 9.84 Å². The van der Waals surface area contributed by atoms with Crippen LogP contribution in [0.5, 0.6) is 0 Å². The number of hydrogen-bond donors (Lipinski definition) is 1. The third-order valence-electron chi connectivity index (χ3n) is 3.38. The summed E-state index contributed by atoms with van der Waals surface area (Å²) < 4.78 is 19.0. The molecule has 0 saturated carbocycles. The fraction of sp³-hybridized carbons (Fsp3) is 0.571. The van der Waals surface area contributed by atoms with E-state index in [1.54, 1.807) is 0 Å². The van der Waals surface area contributed by atoms with E-state index in [0.717, 1.165) is 0 Å². The van der Waals surface area contributed by atoms with E-state index in [1.807, 2.05) is 20.8 Å². The minimum Gasteiger partial charge on any atom is -0.385 e. The van der Waals surface area contributed by atoms with Crippen LogP contribution < -0.4 is 0 Å². The molecular weight excluding hydrogens is 255 g/mol. The topological polar surface area (TPSA) is 29.5 Å². The van der Waals surface area contributed by atoms with Crippen molar-refractivity contribution >= 4 is 11.6 Å². The van der Waals surface area contributed by atoms with Crippen LogP contribution in [-0.4, -0.2) is 17.3 Å². The number of benzene rings is 1. The van der Waals surface area contributed by atoms with Crippen molar-refractivity contribution in [2.45, 2.75) is 45.3 Å². The molecule has 1 aromatic carbocycles. The van der Waals surface area contributed by atoms with E-state index in [0.29, 0.717) is 30.0 Å². The molecule has 0 heterocycles. The number of hydrogen-bond acceptors (Lipinski definition) is 2. The average molecular weight is 275 g/mol. The third kappa shape index (κ3) is 3.02. The van der Waals surface area contributed by atoms with Gasteiger partial charge in [0, 0.05) is 17.2 Å². The molecule has 0 aliphatic heterocycles. The molecule has 1 aromatic rings. The van der Waals surface area contributed by atoms with Gasteiger partial charge in [-0.3, -0.25) is 0 Å². The second-order valence-corrected chi connectivity index (χ2v) is 4.68. The number of ether oxygens (including phenoxy) is 1. The molecule has 2 nitrogen and oxygen atoms in total. The van der Waals surface area contributed by atoms with Gasteiger partial charge in [0.25, 0.3) is 0 Å². The normalized spacial score (nSPS) is 13.7. The monoisotopic (exact) mass is 274 g/mol. The Kier molecular flexibility index (Phi) is 5.57. The Morgan fingerprint density at radius 2 is 1.94 bits per heavy atom. The minimum absolute atomic E-state index is 0.356. The van der Waals surface area contributed by atoms with Gasteiger partial charge in [-0.2, -0.15) is 0 Å². The van der Waals surface area contributed by atoms with Crippen molar-refractivity contribution in [3.8, 4) is 0 Å². The van der Waals surface area contributed by atoms with Crippen LogP contribution in [0.25, 0.3) is 0 Å². The number of halogens is 2. The van der Waals surface area contributed by atoms with E-state index in [9.17, 15) is 9.50 Å². The van der Waals surface area contributed by atoms with Crippen LogP contribution in [0.1, 0.15) is 45.3 Å². The smallest absolute Gasteiger partial charge is 0.123 e. The first kappa shape index (κ1) is 15.4. The molecule has 0 aliphatic carbocycles. The molecule has 1 atom stereocenters. The van der Waals surface area contributed by atoms with Crippen LogP contribution in [0.3, 0.4) is 0 Å². The van der Waals surface area contributed by atoms with Crippen LogP contribution in [0, 0.1) is 5.82 Å². The summed E-state index contributed by atoms with van der Waals surface area (Å²) >= 11 is 6.03. The lowest BCUT2D eigenvalue weighted by molar-refractivity contribution is -0.127. The molecule has 0 aliphatic rings. The molecule has 0 spiro atoms. The SMILES string of the molecule is CCOC(CC)(CC)C(O)c1cc(F)ccc1Cl. The van der Waals surface area contributed by atoms with Gasteiger partial charge in [-0.1, -0.05) is 25.4 Å². The van der Waals surface area contributed by atoms with E-state index < -0.39 is 17.5 Å². The molecule has 0 radical (unpaired) electrons. The Hall–Kier alpha value is -0.640. The Balaban J connectivity index is 3.16. The Labute approximate surface area is 113 Å². The summed E-state index contributed by atoms with van der Waals surface area (Å²) in [6, 6.07) is 4.00. The number of rotatable bonds is 6. The second kappa shape index (κ2) is 6.50. The summed E-state index contributed by atoms with van der Waals surface area (Å²) in [5.74, 6) is -0.411. The Morgan fingerprint density at radius 1 is 1.33 bits per heavy atom. The zero-order valence-corrected chi connectivity index (χ0v) is 11.8. The summed E-state index contributed by atoms with van der Waals surface area (Å²) in [6.07, 6.45) is 0.326. The fourth-order valence-electron chi connectivity index (χ4n) is 2.21. The summed E-state index contributed by atoms with van der Waals surface area (Å²) in [7, 11) is 0. The highest BCUT2D eigenvalue weighted by Gasteiger charge is 2.37. The molecule has 1 N–H and O–H groups in total. The maximum atomic E-state index is 13.3. The van der Waals surface area contributed by atoms with Gasteiger partial charge in [-0.25, -0.2) is 4.39 Å². The standard InChI is InChI=1S/C14H20ClFO2/c1-4-14(5-2,18-6-3)13(17)11-9-10(16)7-8-12(11)15/h7-9,13,17H,4-6H2,1-3H3.